The Morgan fingerprint density at radius 3 is 2.12 bits per heavy atom. The highest BCUT2D eigenvalue weighted by Crippen LogP contribution is 2.35. The molecule has 0 spiro atoms. The van der Waals surface area contributed by atoms with Gasteiger partial charge in [-0.25, -0.2) is 4.68 Å². The summed E-state index contributed by atoms with van der Waals surface area (Å²) in [5.41, 5.74) is 3.97. The number of rotatable bonds is 6. The molecule has 1 saturated heterocycles. The van der Waals surface area contributed by atoms with Crippen molar-refractivity contribution in [3.05, 3.63) is 84.6 Å². The van der Waals surface area contributed by atoms with Gasteiger partial charge in [0.2, 0.25) is 11.8 Å². The number of para-hydroxylation sites is 1. The van der Waals surface area contributed by atoms with E-state index in [1.807, 2.05) is 95.6 Å². The zero-order valence-electron chi connectivity index (χ0n) is 18.1. The topological polar surface area (TPSA) is 58.4 Å². The first-order chi connectivity index (χ1) is 15.6. The molecule has 162 valence electrons. The monoisotopic (exact) mass is 426 g/mol. The number of nitrogens with zero attached hydrogens (tertiary/aromatic N) is 4. The average molecular weight is 427 g/mol. The van der Waals surface area contributed by atoms with Crippen molar-refractivity contribution in [2.24, 2.45) is 11.8 Å². The molecule has 6 heteroatoms. The van der Waals surface area contributed by atoms with Crippen molar-refractivity contribution in [2.75, 3.05) is 13.7 Å². The van der Waals surface area contributed by atoms with Crippen LogP contribution in [0.1, 0.15) is 18.4 Å². The quantitative estimate of drug-likeness (QED) is 0.443. The highest BCUT2D eigenvalue weighted by atomic mass is 16.2. The maximum absolute atomic E-state index is 12.8. The van der Waals surface area contributed by atoms with E-state index in [2.05, 4.69) is 0 Å². The smallest absolute Gasteiger partial charge is 0.234 e. The minimum atomic E-state index is -0.193. The van der Waals surface area contributed by atoms with E-state index in [1.165, 1.54) is 4.90 Å². The summed E-state index contributed by atoms with van der Waals surface area (Å²) < 4.78 is 1.89. The molecule has 1 aliphatic carbocycles. The Morgan fingerprint density at radius 1 is 0.906 bits per heavy atom. The molecule has 1 aliphatic heterocycles. The normalized spacial score (nSPS) is 20.2. The third-order valence-electron chi connectivity index (χ3n) is 6.28. The molecule has 2 atom stereocenters. The summed E-state index contributed by atoms with van der Waals surface area (Å²) >= 11 is 0. The Morgan fingerprint density at radius 2 is 1.50 bits per heavy atom. The van der Waals surface area contributed by atoms with E-state index in [4.69, 9.17) is 5.10 Å². The number of carbonyl (C=O) groups is 2. The molecule has 2 aromatic carbocycles. The fourth-order valence-electron chi connectivity index (χ4n) is 4.67. The van der Waals surface area contributed by atoms with Crippen molar-refractivity contribution in [1.82, 2.24) is 19.6 Å². The molecule has 0 unspecified atom stereocenters. The predicted molar refractivity (Wildman–Crippen MR) is 123 cm³/mol. The minimum Gasteiger partial charge on any atom is -0.284 e. The third kappa shape index (κ3) is 3.78. The molecule has 1 aromatic heterocycles. The van der Waals surface area contributed by atoms with Crippen molar-refractivity contribution in [3.8, 4) is 16.9 Å². The van der Waals surface area contributed by atoms with Gasteiger partial charge in [-0.3, -0.25) is 19.4 Å². The third-order valence-corrected chi connectivity index (χ3v) is 6.28. The Balaban J connectivity index is 1.39. The Kier molecular flexibility index (Phi) is 5.45. The number of hydrogen-bond donors (Lipinski definition) is 0. The summed E-state index contributed by atoms with van der Waals surface area (Å²) in [7, 11) is 1.94. The Bertz CT molecular complexity index is 1130. The number of carbonyl (C=O) groups excluding carboxylic acids is 2. The second-order valence-corrected chi connectivity index (χ2v) is 8.56. The molecule has 5 rings (SSSR count). The molecule has 0 saturated carbocycles. The first kappa shape index (κ1) is 20.4. The van der Waals surface area contributed by atoms with Crippen LogP contribution in [0.25, 0.3) is 16.9 Å². The van der Waals surface area contributed by atoms with Gasteiger partial charge in [-0.1, -0.05) is 60.7 Å². The van der Waals surface area contributed by atoms with Crippen LogP contribution in [-0.4, -0.2) is 45.1 Å². The van der Waals surface area contributed by atoms with Crippen molar-refractivity contribution < 1.29 is 9.59 Å². The van der Waals surface area contributed by atoms with Crippen LogP contribution in [0.2, 0.25) is 0 Å². The van der Waals surface area contributed by atoms with Crippen LogP contribution in [0.4, 0.5) is 0 Å². The summed E-state index contributed by atoms with van der Waals surface area (Å²) in [5, 5.41) is 4.86. The number of hydrogen-bond acceptors (Lipinski definition) is 4. The lowest BCUT2D eigenvalue weighted by molar-refractivity contribution is -0.142. The van der Waals surface area contributed by atoms with E-state index in [-0.39, 0.29) is 30.3 Å². The number of fused-ring (bicyclic) bond motifs is 1. The van der Waals surface area contributed by atoms with Gasteiger partial charge in [-0.2, -0.15) is 5.10 Å². The fourth-order valence-corrected chi connectivity index (χ4v) is 4.67. The molecule has 0 bridgehead atoms. The van der Waals surface area contributed by atoms with Crippen molar-refractivity contribution in [1.29, 1.82) is 0 Å². The van der Waals surface area contributed by atoms with E-state index in [9.17, 15) is 9.59 Å². The number of aromatic nitrogens is 2. The number of allylic oxidation sites excluding steroid dienone is 2. The highest BCUT2D eigenvalue weighted by molar-refractivity contribution is 6.05. The summed E-state index contributed by atoms with van der Waals surface area (Å²) in [6.07, 6.45) is 7.40. The lowest BCUT2D eigenvalue weighted by Gasteiger charge is -2.23. The summed E-state index contributed by atoms with van der Waals surface area (Å²) in [6.45, 7) is 0.858. The molecule has 1 fully saturated rings. The van der Waals surface area contributed by atoms with Gasteiger partial charge in [0.25, 0.3) is 0 Å². The van der Waals surface area contributed by atoms with Gasteiger partial charge in [-0.05, 0) is 32.0 Å². The van der Waals surface area contributed by atoms with E-state index in [0.29, 0.717) is 19.4 Å². The Labute approximate surface area is 187 Å². The van der Waals surface area contributed by atoms with Crippen LogP contribution >= 0.6 is 0 Å². The molecular weight excluding hydrogens is 400 g/mol. The molecule has 32 heavy (non-hydrogen) atoms. The second kappa shape index (κ2) is 8.55. The van der Waals surface area contributed by atoms with Crippen LogP contribution in [0.15, 0.2) is 79.0 Å². The summed E-state index contributed by atoms with van der Waals surface area (Å²) in [4.78, 5) is 29.1. The zero-order chi connectivity index (χ0) is 22.1. The molecule has 2 amide bonds. The summed E-state index contributed by atoms with van der Waals surface area (Å²) in [5.74, 6) is -0.470. The second-order valence-electron chi connectivity index (χ2n) is 8.56. The van der Waals surface area contributed by atoms with Gasteiger partial charge < -0.3 is 0 Å². The number of benzene rings is 2. The van der Waals surface area contributed by atoms with Gasteiger partial charge in [0.1, 0.15) is 0 Å². The lowest BCUT2D eigenvalue weighted by atomic mass is 9.85. The molecule has 0 N–H and O–H groups in total. The van der Waals surface area contributed by atoms with Crippen LogP contribution < -0.4 is 0 Å². The van der Waals surface area contributed by atoms with E-state index in [0.717, 1.165) is 22.5 Å². The maximum Gasteiger partial charge on any atom is 0.234 e. The van der Waals surface area contributed by atoms with Gasteiger partial charge in [0.15, 0.2) is 0 Å². The van der Waals surface area contributed by atoms with Crippen molar-refractivity contribution >= 4 is 11.8 Å². The van der Waals surface area contributed by atoms with E-state index in [1.54, 1.807) is 0 Å². The molecular formula is C26H26N4O2. The average Bonchev–Trinajstić information content (AvgIpc) is 3.35. The first-order valence-electron chi connectivity index (χ1n) is 11.0. The highest BCUT2D eigenvalue weighted by Gasteiger charge is 2.47. The van der Waals surface area contributed by atoms with Gasteiger partial charge in [0.05, 0.1) is 29.9 Å². The van der Waals surface area contributed by atoms with Crippen LogP contribution in [0.5, 0.6) is 0 Å². The standard InChI is InChI=1S/C26H26N4O2/c1-28(18-29-25(31)22-14-8-9-15-23(22)26(29)32)16-20-17-30(21-12-6-3-7-13-21)27-24(20)19-10-4-2-5-11-19/h2-13,17,22-23H,14-16,18H2,1H3/t22-,23-/m1/s1. The molecule has 3 aromatic rings. The van der Waals surface area contributed by atoms with Crippen molar-refractivity contribution in [3.63, 3.8) is 0 Å². The predicted octanol–water partition coefficient (Wildman–Crippen LogP) is 3.88. The van der Waals surface area contributed by atoms with E-state index < -0.39 is 0 Å². The van der Waals surface area contributed by atoms with Gasteiger partial charge >= 0.3 is 0 Å². The first-order valence-corrected chi connectivity index (χ1v) is 11.0. The van der Waals surface area contributed by atoms with Crippen LogP contribution in [0, 0.1) is 11.8 Å². The van der Waals surface area contributed by atoms with Crippen LogP contribution in [-0.2, 0) is 16.1 Å². The van der Waals surface area contributed by atoms with Crippen LogP contribution in [0.3, 0.4) is 0 Å². The molecule has 2 heterocycles. The SMILES string of the molecule is CN(Cc1cn(-c2ccccc2)nc1-c1ccccc1)CN1C(=O)[C@@H]2CC=CC[C@H]2C1=O. The number of amides is 2. The number of imide groups is 1. The van der Waals surface area contributed by atoms with E-state index >= 15 is 0 Å². The maximum atomic E-state index is 12.8. The Hall–Kier alpha value is -3.51. The largest absolute Gasteiger partial charge is 0.284 e. The van der Waals surface area contributed by atoms with Gasteiger partial charge in [-0.15, -0.1) is 0 Å². The molecule has 2 aliphatic rings. The summed E-state index contributed by atoms with van der Waals surface area (Å²) in [6, 6.07) is 20.1. The minimum absolute atomic E-state index is 0.0422. The number of likely N-dealkylation sites (tertiary alicyclic amines) is 1. The fraction of sp³-hybridized carbons (Fsp3) is 0.269. The van der Waals surface area contributed by atoms with Gasteiger partial charge in [0, 0.05) is 23.9 Å². The lowest BCUT2D eigenvalue weighted by Crippen LogP contribution is -2.40. The van der Waals surface area contributed by atoms with Crippen molar-refractivity contribution in [2.45, 2.75) is 19.4 Å². The molecule has 6 nitrogen and oxygen atoms in total. The molecule has 0 radical (unpaired) electrons. The zero-order valence-corrected chi connectivity index (χ0v) is 18.1.